The van der Waals surface area contributed by atoms with Gasteiger partial charge in [-0.1, -0.05) is 201 Å². The molecule has 12 rings (SSSR count). The lowest BCUT2D eigenvalue weighted by Crippen LogP contribution is -2.60. The number of rotatable bonds is 9. The summed E-state index contributed by atoms with van der Waals surface area (Å²) in [6.45, 7) is 2.35. The Labute approximate surface area is 374 Å². The fourth-order valence-corrected chi connectivity index (χ4v) is 11.6. The molecular weight excluding hydrogens is 780 g/mol. The molecule has 0 N–H and O–H groups in total. The lowest BCUT2D eigenvalue weighted by atomic mass is 9.34. The van der Waals surface area contributed by atoms with E-state index in [1.807, 2.05) is 11.8 Å². The molecule has 0 saturated heterocycles. The molecule has 300 valence electrons. The molecule has 3 heterocycles. The number of aryl methyl sites for hydroxylation is 1. The molecule has 9 aromatic carbocycles. The van der Waals surface area contributed by atoms with E-state index in [0.29, 0.717) is 0 Å². The fourth-order valence-electron chi connectivity index (χ4n) is 10.4. The Balaban J connectivity index is 1.20. The molecular formula is C59H45BN2S. The van der Waals surface area contributed by atoms with Gasteiger partial charge in [-0.3, -0.25) is 0 Å². The van der Waals surface area contributed by atoms with Crippen LogP contribution >= 0.6 is 11.8 Å². The summed E-state index contributed by atoms with van der Waals surface area (Å²) in [6, 6.07) is 77.1. The van der Waals surface area contributed by atoms with E-state index in [-0.39, 0.29) is 6.71 Å². The van der Waals surface area contributed by atoms with E-state index in [1.54, 1.807) is 0 Å². The maximum atomic E-state index is 2.67. The van der Waals surface area contributed by atoms with E-state index in [9.17, 15) is 0 Å². The van der Waals surface area contributed by atoms with Crippen molar-refractivity contribution >= 4 is 73.7 Å². The topological polar surface area (TPSA) is 8.17 Å². The molecule has 2 nitrogen and oxygen atoms in total. The molecule has 0 radical (unpaired) electrons. The summed E-state index contributed by atoms with van der Waals surface area (Å²) in [5.41, 5.74) is 20.1. The second-order valence-corrected chi connectivity index (χ2v) is 18.1. The van der Waals surface area contributed by atoms with Gasteiger partial charge in [-0.15, -0.1) is 0 Å². The molecule has 0 saturated carbocycles. The monoisotopic (exact) mass is 824 g/mol. The van der Waals surface area contributed by atoms with E-state index in [0.717, 1.165) is 12.1 Å². The van der Waals surface area contributed by atoms with Crippen LogP contribution in [0.4, 0.5) is 17.1 Å². The molecule has 0 atom stereocenters. The Bertz CT molecular complexity index is 3230. The predicted molar refractivity (Wildman–Crippen MR) is 270 cm³/mol. The molecule has 0 amide bonds. The number of fused-ring (bicyclic) bond motifs is 7. The molecule has 10 aromatic rings. The molecule has 2 aliphatic rings. The number of hydrogen-bond acceptors (Lipinski definition) is 2. The Morgan fingerprint density at radius 3 is 1.73 bits per heavy atom. The molecule has 0 aliphatic carbocycles. The third-order valence-electron chi connectivity index (χ3n) is 13.3. The average Bonchev–Trinajstić information content (AvgIpc) is 3.69. The van der Waals surface area contributed by atoms with Crippen molar-refractivity contribution in [2.45, 2.75) is 42.4 Å². The van der Waals surface area contributed by atoms with Crippen molar-refractivity contribution < 1.29 is 0 Å². The van der Waals surface area contributed by atoms with Gasteiger partial charge < -0.3 is 9.47 Å². The fraction of sp³-hybridized carbons (Fsp3) is 0.0847. The summed E-state index contributed by atoms with van der Waals surface area (Å²) in [6.07, 6.45) is 4.63. The van der Waals surface area contributed by atoms with Crippen LogP contribution in [0.15, 0.2) is 216 Å². The van der Waals surface area contributed by atoms with Crippen molar-refractivity contribution in [3.63, 3.8) is 0 Å². The molecule has 0 fully saturated rings. The largest absolute Gasteiger partial charge is 0.310 e. The minimum Gasteiger partial charge on any atom is -0.310 e. The van der Waals surface area contributed by atoms with Gasteiger partial charge in [0.15, 0.2) is 0 Å². The highest BCUT2D eigenvalue weighted by molar-refractivity contribution is 8.00. The van der Waals surface area contributed by atoms with E-state index in [2.05, 4.69) is 223 Å². The normalized spacial score (nSPS) is 12.7. The standard InChI is InChI=1S/C59H45BN2S/c1-2-3-7-19-40-36-55-58-57(37-40)63-56-35-32-44(41-20-8-4-9-21-41)38-51(56)60(58)50-34-33-45(61-52-30-16-14-26-48(52)49-27-15-17-31-53(49)61)39-54(50)62(55)59-46(42-22-10-5-11-23-42)28-18-29-47(59)43-24-12-6-13-25-43/h4-6,8-18,20-39H,2-3,7,19H2,1H3. The van der Waals surface area contributed by atoms with Crippen molar-refractivity contribution in [3.05, 3.63) is 212 Å². The van der Waals surface area contributed by atoms with Gasteiger partial charge in [-0.05, 0) is 94.0 Å². The second-order valence-electron chi connectivity index (χ2n) is 17.0. The SMILES string of the molecule is CCCCCc1cc2c3c(c1)N(c1c(-c4ccccc4)cccc1-c1ccccc1)c1cc(-n4c5ccccc5c5ccccc54)ccc1B3c1cc(-c3ccccc3)ccc1S2. The van der Waals surface area contributed by atoms with E-state index < -0.39 is 0 Å². The van der Waals surface area contributed by atoms with Crippen LogP contribution < -0.4 is 21.3 Å². The number of anilines is 3. The highest BCUT2D eigenvalue weighted by atomic mass is 32.2. The quantitative estimate of drug-likeness (QED) is 0.106. The highest BCUT2D eigenvalue weighted by Crippen LogP contribution is 2.50. The van der Waals surface area contributed by atoms with Gasteiger partial charge in [-0.2, -0.15) is 0 Å². The average molecular weight is 825 g/mol. The molecule has 4 heteroatoms. The van der Waals surface area contributed by atoms with Crippen molar-refractivity contribution in [1.82, 2.24) is 4.57 Å². The first-order chi connectivity index (χ1) is 31.2. The van der Waals surface area contributed by atoms with E-state index in [1.165, 1.54) is 123 Å². The summed E-state index contributed by atoms with van der Waals surface area (Å²) in [7, 11) is 0. The maximum Gasteiger partial charge on any atom is 0.249 e. The van der Waals surface area contributed by atoms with Crippen LogP contribution in [0.1, 0.15) is 31.7 Å². The van der Waals surface area contributed by atoms with Crippen LogP contribution in [0.5, 0.6) is 0 Å². The smallest absolute Gasteiger partial charge is 0.249 e. The van der Waals surface area contributed by atoms with Gasteiger partial charge in [0.05, 0.1) is 16.7 Å². The summed E-state index contributed by atoms with van der Waals surface area (Å²) in [5, 5.41) is 2.53. The van der Waals surface area contributed by atoms with E-state index in [4.69, 9.17) is 0 Å². The molecule has 0 bridgehead atoms. The van der Waals surface area contributed by atoms with Gasteiger partial charge in [0.25, 0.3) is 0 Å². The van der Waals surface area contributed by atoms with Crippen LogP contribution in [-0.4, -0.2) is 11.3 Å². The lowest BCUT2D eigenvalue weighted by Gasteiger charge is -2.42. The summed E-state index contributed by atoms with van der Waals surface area (Å²) >= 11 is 1.95. The van der Waals surface area contributed by atoms with Gasteiger partial charge in [0.1, 0.15) is 0 Å². The first-order valence-corrected chi connectivity index (χ1v) is 23.3. The van der Waals surface area contributed by atoms with Crippen LogP contribution in [0, 0.1) is 0 Å². The zero-order valence-electron chi connectivity index (χ0n) is 35.3. The predicted octanol–water partition coefficient (Wildman–Crippen LogP) is 14.3. The first-order valence-electron chi connectivity index (χ1n) is 22.4. The van der Waals surface area contributed by atoms with Gasteiger partial charge in [0, 0.05) is 48.8 Å². The van der Waals surface area contributed by atoms with Crippen LogP contribution in [-0.2, 0) is 6.42 Å². The van der Waals surface area contributed by atoms with Crippen molar-refractivity contribution in [1.29, 1.82) is 0 Å². The van der Waals surface area contributed by atoms with Crippen LogP contribution in [0.3, 0.4) is 0 Å². The third kappa shape index (κ3) is 6.35. The second kappa shape index (κ2) is 15.7. The van der Waals surface area contributed by atoms with Crippen molar-refractivity contribution in [2.24, 2.45) is 0 Å². The number of para-hydroxylation sites is 3. The minimum atomic E-state index is 0.0436. The summed E-state index contributed by atoms with van der Waals surface area (Å²) < 4.78 is 2.48. The molecule has 0 unspecified atom stereocenters. The van der Waals surface area contributed by atoms with Crippen LogP contribution in [0.25, 0.3) is 60.9 Å². The lowest BCUT2D eigenvalue weighted by molar-refractivity contribution is 0.717. The zero-order chi connectivity index (χ0) is 41.9. The summed E-state index contributed by atoms with van der Waals surface area (Å²) in [5.74, 6) is 0. The molecule has 1 aromatic heterocycles. The zero-order valence-corrected chi connectivity index (χ0v) is 36.2. The molecule has 2 aliphatic heterocycles. The number of benzene rings is 9. The first kappa shape index (κ1) is 37.7. The van der Waals surface area contributed by atoms with Gasteiger partial charge in [0.2, 0.25) is 6.71 Å². The van der Waals surface area contributed by atoms with Gasteiger partial charge in [-0.25, -0.2) is 0 Å². The minimum absolute atomic E-state index is 0.0436. The van der Waals surface area contributed by atoms with E-state index >= 15 is 0 Å². The highest BCUT2D eigenvalue weighted by Gasteiger charge is 2.42. The Morgan fingerprint density at radius 2 is 1.08 bits per heavy atom. The Morgan fingerprint density at radius 1 is 0.460 bits per heavy atom. The van der Waals surface area contributed by atoms with Crippen molar-refractivity contribution in [3.8, 4) is 39.1 Å². The summed E-state index contributed by atoms with van der Waals surface area (Å²) in [4.78, 5) is 5.37. The van der Waals surface area contributed by atoms with Crippen LogP contribution in [0.2, 0.25) is 0 Å². The number of nitrogens with zero attached hydrogens (tertiary/aromatic N) is 2. The Hall–Kier alpha value is -7.01. The number of aromatic nitrogens is 1. The van der Waals surface area contributed by atoms with Gasteiger partial charge >= 0.3 is 0 Å². The number of hydrogen-bond donors (Lipinski definition) is 0. The third-order valence-corrected chi connectivity index (χ3v) is 14.4. The Kier molecular flexibility index (Phi) is 9.41. The molecule has 0 spiro atoms. The maximum absolute atomic E-state index is 2.67. The molecule has 63 heavy (non-hydrogen) atoms. The van der Waals surface area contributed by atoms with Crippen molar-refractivity contribution in [2.75, 3.05) is 4.90 Å². The number of unbranched alkanes of at least 4 members (excludes halogenated alkanes) is 2.